The van der Waals surface area contributed by atoms with Gasteiger partial charge in [0.25, 0.3) is 5.91 Å². The van der Waals surface area contributed by atoms with Crippen molar-refractivity contribution in [2.75, 3.05) is 5.32 Å². The summed E-state index contributed by atoms with van der Waals surface area (Å²) in [6, 6.07) is 14.2. The Hall–Kier alpha value is -3.32. The highest BCUT2D eigenvalue weighted by molar-refractivity contribution is 7.19. The van der Waals surface area contributed by atoms with Gasteiger partial charge in [0.1, 0.15) is 5.01 Å². The largest absolute Gasteiger partial charge is 0.449 e. The molecule has 3 aromatic rings. The van der Waals surface area contributed by atoms with Crippen molar-refractivity contribution in [2.45, 2.75) is 20.0 Å². The first-order chi connectivity index (χ1) is 13.4. The molecule has 142 valence electrons. The summed E-state index contributed by atoms with van der Waals surface area (Å²) in [7, 11) is 0. The highest BCUT2D eigenvalue weighted by Gasteiger charge is 2.17. The van der Waals surface area contributed by atoms with Crippen LogP contribution in [-0.4, -0.2) is 28.7 Å². The van der Waals surface area contributed by atoms with Crippen LogP contribution >= 0.6 is 11.3 Å². The zero-order valence-corrected chi connectivity index (χ0v) is 16.2. The average Bonchev–Trinajstić information content (AvgIpc) is 3.09. The zero-order valence-electron chi connectivity index (χ0n) is 15.3. The second-order valence-corrected chi connectivity index (χ2v) is 7.12. The summed E-state index contributed by atoms with van der Waals surface area (Å²) in [6.07, 6.45) is 1.85. The Bertz CT molecular complexity index is 1020. The molecular formula is C21H18N2O4S. The molecule has 1 amide bonds. The third-order valence-corrected chi connectivity index (χ3v) is 4.90. The SMILES string of the molecule is CC(=O)c1ccc(NC(=O)[C@H](C)OC(=O)/C=C/c2nc3ccccc3s2)cc1. The molecule has 28 heavy (non-hydrogen) atoms. The molecular weight excluding hydrogens is 376 g/mol. The molecule has 0 aliphatic rings. The maximum absolute atomic E-state index is 12.2. The topological polar surface area (TPSA) is 85.4 Å². The number of amides is 1. The maximum Gasteiger partial charge on any atom is 0.331 e. The monoisotopic (exact) mass is 394 g/mol. The van der Waals surface area contributed by atoms with Gasteiger partial charge in [-0.2, -0.15) is 0 Å². The average molecular weight is 394 g/mol. The Morgan fingerprint density at radius 3 is 2.50 bits per heavy atom. The number of thiazole rings is 1. The Kier molecular flexibility index (Phi) is 5.96. The summed E-state index contributed by atoms with van der Waals surface area (Å²) < 4.78 is 6.15. The Morgan fingerprint density at radius 2 is 1.82 bits per heavy atom. The zero-order chi connectivity index (χ0) is 20.1. The number of anilines is 1. The van der Waals surface area contributed by atoms with Gasteiger partial charge in [0.2, 0.25) is 0 Å². The maximum atomic E-state index is 12.2. The highest BCUT2D eigenvalue weighted by atomic mass is 32.1. The van der Waals surface area contributed by atoms with Gasteiger partial charge in [-0.1, -0.05) is 12.1 Å². The van der Waals surface area contributed by atoms with E-state index < -0.39 is 18.0 Å². The fraction of sp³-hybridized carbons (Fsp3) is 0.143. The van der Waals surface area contributed by atoms with Gasteiger partial charge >= 0.3 is 5.97 Å². The molecule has 0 bridgehead atoms. The summed E-state index contributed by atoms with van der Waals surface area (Å²) >= 11 is 1.46. The molecule has 0 unspecified atom stereocenters. The number of Topliss-reactive ketones (excluding diaryl/α,β-unsaturated/α-hetero) is 1. The van der Waals surface area contributed by atoms with E-state index in [1.807, 2.05) is 24.3 Å². The van der Waals surface area contributed by atoms with Crippen molar-refractivity contribution in [2.24, 2.45) is 0 Å². The predicted octanol–water partition coefficient (Wildman–Crippen LogP) is 4.08. The number of hydrogen-bond acceptors (Lipinski definition) is 6. The number of aromatic nitrogens is 1. The molecule has 0 spiro atoms. The Labute approximate surface area is 165 Å². The number of nitrogens with one attached hydrogen (secondary N) is 1. The van der Waals surface area contributed by atoms with E-state index in [1.54, 1.807) is 30.3 Å². The van der Waals surface area contributed by atoms with Crippen LogP contribution < -0.4 is 5.32 Å². The van der Waals surface area contributed by atoms with E-state index in [4.69, 9.17) is 4.74 Å². The molecule has 7 heteroatoms. The predicted molar refractivity (Wildman–Crippen MR) is 109 cm³/mol. The number of carbonyl (C=O) groups excluding carboxylic acids is 3. The molecule has 0 aliphatic carbocycles. The van der Waals surface area contributed by atoms with Gasteiger partial charge in [-0.05, 0) is 56.3 Å². The number of fused-ring (bicyclic) bond motifs is 1. The van der Waals surface area contributed by atoms with E-state index in [-0.39, 0.29) is 5.78 Å². The number of benzene rings is 2. The normalized spacial score (nSPS) is 12.1. The standard InChI is InChI=1S/C21H18N2O4S/c1-13(24)15-7-9-16(10-8-15)22-21(26)14(2)27-20(25)12-11-19-23-17-5-3-4-6-18(17)28-19/h3-12,14H,1-2H3,(H,22,26)/b12-11+/t14-/m0/s1. The molecule has 0 saturated heterocycles. The number of esters is 1. The lowest BCUT2D eigenvalue weighted by atomic mass is 10.1. The third-order valence-electron chi connectivity index (χ3n) is 3.89. The fourth-order valence-corrected chi connectivity index (χ4v) is 3.27. The summed E-state index contributed by atoms with van der Waals surface area (Å²) in [5, 5.41) is 3.32. The number of ketones is 1. The number of rotatable bonds is 6. The van der Waals surface area contributed by atoms with Crippen molar-refractivity contribution in [3.05, 3.63) is 65.2 Å². The van der Waals surface area contributed by atoms with Gasteiger partial charge < -0.3 is 10.1 Å². The van der Waals surface area contributed by atoms with Crippen LogP contribution in [0.2, 0.25) is 0 Å². The molecule has 6 nitrogen and oxygen atoms in total. The lowest BCUT2D eigenvalue weighted by Gasteiger charge is -2.12. The molecule has 0 aliphatic heterocycles. The lowest BCUT2D eigenvalue weighted by Crippen LogP contribution is -2.29. The highest BCUT2D eigenvalue weighted by Crippen LogP contribution is 2.22. The second kappa shape index (κ2) is 8.58. The smallest absolute Gasteiger partial charge is 0.331 e. The summed E-state index contributed by atoms with van der Waals surface area (Å²) in [6.45, 7) is 2.96. The van der Waals surface area contributed by atoms with Gasteiger partial charge in [0, 0.05) is 17.3 Å². The summed E-state index contributed by atoms with van der Waals surface area (Å²) in [4.78, 5) is 39.8. The first kappa shape index (κ1) is 19.4. The minimum Gasteiger partial charge on any atom is -0.449 e. The molecule has 0 radical (unpaired) electrons. The van der Waals surface area contributed by atoms with E-state index in [2.05, 4.69) is 10.3 Å². The first-order valence-corrected chi connectivity index (χ1v) is 9.40. The number of hydrogen-bond donors (Lipinski definition) is 1. The van der Waals surface area contributed by atoms with Crippen molar-refractivity contribution in [3.63, 3.8) is 0 Å². The van der Waals surface area contributed by atoms with Crippen molar-refractivity contribution in [1.29, 1.82) is 0 Å². The third kappa shape index (κ3) is 4.89. The molecule has 1 atom stereocenters. The van der Waals surface area contributed by atoms with Crippen molar-refractivity contribution in [3.8, 4) is 0 Å². The molecule has 1 aromatic heterocycles. The lowest BCUT2D eigenvalue weighted by molar-refractivity contribution is -0.148. The fourth-order valence-electron chi connectivity index (χ4n) is 2.40. The van der Waals surface area contributed by atoms with Crippen LogP contribution in [0.1, 0.15) is 29.2 Å². The van der Waals surface area contributed by atoms with Crippen LogP contribution in [0.4, 0.5) is 5.69 Å². The number of ether oxygens (including phenoxy) is 1. The minimum absolute atomic E-state index is 0.0555. The minimum atomic E-state index is -0.972. The van der Waals surface area contributed by atoms with Gasteiger partial charge in [-0.15, -0.1) is 11.3 Å². The van der Waals surface area contributed by atoms with Crippen LogP contribution in [0.25, 0.3) is 16.3 Å². The molecule has 1 N–H and O–H groups in total. The second-order valence-electron chi connectivity index (χ2n) is 6.06. The molecule has 3 rings (SSSR count). The molecule has 1 heterocycles. The van der Waals surface area contributed by atoms with Crippen LogP contribution in [0.5, 0.6) is 0 Å². The summed E-state index contributed by atoms with van der Waals surface area (Å²) in [5.74, 6) is -1.15. The van der Waals surface area contributed by atoms with Gasteiger partial charge in [-0.25, -0.2) is 9.78 Å². The van der Waals surface area contributed by atoms with Crippen LogP contribution in [0, 0.1) is 0 Å². The van der Waals surface area contributed by atoms with Crippen molar-refractivity contribution < 1.29 is 19.1 Å². The van der Waals surface area contributed by atoms with Crippen molar-refractivity contribution in [1.82, 2.24) is 4.98 Å². The van der Waals surface area contributed by atoms with Crippen molar-refractivity contribution >= 4 is 51.0 Å². The quantitative estimate of drug-likeness (QED) is 0.387. The molecule has 2 aromatic carbocycles. The summed E-state index contributed by atoms with van der Waals surface area (Å²) in [5.41, 5.74) is 1.93. The molecule has 0 fully saturated rings. The van der Waals surface area contributed by atoms with Gasteiger partial charge in [0.05, 0.1) is 10.2 Å². The van der Waals surface area contributed by atoms with Crippen LogP contribution in [0.3, 0.4) is 0 Å². The van der Waals surface area contributed by atoms with E-state index in [9.17, 15) is 14.4 Å². The number of para-hydroxylation sites is 1. The van der Waals surface area contributed by atoms with E-state index in [0.717, 1.165) is 10.2 Å². The first-order valence-electron chi connectivity index (χ1n) is 8.58. The van der Waals surface area contributed by atoms with Gasteiger partial charge in [0.15, 0.2) is 11.9 Å². The van der Waals surface area contributed by atoms with E-state index in [0.29, 0.717) is 16.3 Å². The Balaban J connectivity index is 1.55. The Morgan fingerprint density at radius 1 is 1.11 bits per heavy atom. The number of carbonyl (C=O) groups is 3. The number of nitrogens with zero attached hydrogens (tertiary/aromatic N) is 1. The van der Waals surface area contributed by atoms with E-state index in [1.165, 1.54) is 31.3 Å². The van der Waals surface area contributed by atoms with Crippen LogP contribution in [-0.2, 0) is 14.3 Å². The van der Waals surface area contributed by atoms with Crippen LogP contribution in [0.15, 0.2) is 54.6 Å². The molecule has 0 saturated carbocycles. The van der Waals surface area contributed by atoms with Gasteiger partial charge in [-0.3, -0.25) is 9.59 Å². The van der Waals surface area contributed by atoms with E-state index >= 15 is 0 Å².